The molecule has 0 unspecified atom stereocenters. The van der Waals surface area contributed by atoms with E-state index in [-0.39, 0.29) is 23.7 Å². The second kappa shape index (κ2) is 8.53. The highest BCUT2D eigenvalue weighted by atomic mass is 19.1. The second-order valence-corrected chi connectivity index (χ2v) is 6.53. The zero-order valence-corrected chi connectivity index (χ0v) is 15.1. The molecule has 7 heteroatoms. The number of halogens is 1. The van der Waals surface area contributed by atoms with Crippen LogP contribution in [0.3, 0.4) is 0 Å². The first-order valence-corrected chi connectivity index (χ1v) is 8.74. The van der Waals surface area contributed by atoms with Crippen molar-refractivity contribution in [2.75, 3.05) is 25.5 Å². The molecule has 2 aromatic rings. The molecule has 0 aromatic heterocycles. The summed E-state index contributed by atoms with van der Waals surface area (Å²) >= 11 is 0. The van der Waals surface area contributed by atoms with Gasteiger partial charge in [0.1, 0.15) is 11.6 Å². The van der Waals surface area contributed by atoms with Gasteiger partial charge in [-0.2, -0.15) is 0 Å². The number of carbonyl (C=O) groups excluding carboxylic acids is 2. The molecule has 0 aliphatic carbocycles. The van der Waals surface area contributed by atoms with Gasteiger partial charge in [-0.1, -0.05) is 12.1 Å². The van der Waals surface area contributed by atoms with Crippen molar-refractivity contribution in [3.63, 3.8) is 0 Å². The standard InChI is InChI=1S/C20H22FN3O3/c1-27-18-8-6-17(7-9-18)23-20(26)22-11-15-10-19(25)24(13-15)12-14-2-4-16(21)5-3-14/h2-9,15H,10-13H2,1H3,(H2,22,23,26)/t15-/m0/s1. The smallest absolute Gasteiger partial charge is 0.319 e. The van der Waals surface area contributed by atoms with Crippen LogP contribution in [-0.2, 0) is 11.3 Å². The Kier molecular flexibility index (Phi) is 5.90. The summed E-state index contributed by atoms with van der Waals surface area (Å²) < 4.78 is 18.1. The van der Waals surface area contributed by atoms with Crippen LogP contribution in [0.25, 0.3) is 0 Å². The van der Waals surface area contributed by atoms with Crippen LogP contribution in [0.5, 0.6) is 5.75 Å². The van der Waals surface area contributed by atoms with Crippen molar-refractivity contribution in [3.8, 4) is 5.75 Å². The van der Waals surface area contributed by atoms with Crippen LogP contribution in [0, 0.1) is 11.7 Å². The molecule has 1 heterocycles. The molecule has 0 saturated carbocycles. The number of nitrogens with one attached hydrogen (secondary N) is 2. The zero-order valence-electron chi connectivity index (χ0n) is 15.1. The lowest BCUT2D eigenvalue weighted by molar-refractivity contribution is -0.128. The number of ether oxygens (including phenoxy) is 1. The Morgan fingerprint density at radius 3 is 2.56 bits per heavy atom. The van der Waals surface area contributed by atoms with Gasteiger partial charge in [-0.3, -0.25) is 4.79 Å². The molecular weight excluding hydrogens is 349 g/mol. The molecule has 1 fully saturated rings. The third kappa shape index (κ3) is 5.20. The minimum absolute atomic E-state index is 0.0432. The number of hydrogen-bond acceptors (Lipinski definition) is 3. The van der Waals surface area contributed by atoms with Gasteiger partial charge >= 0.3 is 6.03 Å². The molecule has 6 nitrogen and oxygen atoms in total. The Labute approximate surface area is 157 Å². The minimum Gasteiger partial charge on any atom is -0.497 e. The number of carbonyl (C=O) groups is 2. The van der Waals surface area contributed by atoms with Gasteiger partial charge < -0.3 is 20.3 Å². The molecule has 1 aliphatic heterocycles. The number of rotatable bonds is 6. The van der Waals surface area contributed by atoms with E-state index >= 15 is 0 Å². The molecule has 1 saturated heterocycles. The summed E-state index contributed by atoms with van der Waals surface area (Å²) in [5.74, 6) is 0.518. The maximum absolute atomic E-state index is 13.0. The van der Waals surface area contributed by atoms with Crippen molar-refractivity contribution in [2.24, 2.45) is 5.92 Å². The van der Waals surface area contributed by atoms with Gasteiger partial charge in [-0.15, -0.1) is 0 Å². The molecule has 2 N–H and O–H groups in total. The lowest BCUT2D eigenvalue weighted by Crippen LogP contribution is -2.34. The highest BCUT2D eigenvalue weighted by Crippen LogP contribution is 2.20. The topological polar surface area (TPSA) is 70.7 Å². The van der Waals surface area contributed by atoms with E-state index < -0.39 is 0 Å². The summed E-state index contributed by atoms with van der Waals surface area (Å²) in [6, 6.07) is 12.8. The molecule has 1 atom stereocenters. The van der Waals surface area contributed by atoms with Gasteiger partial charge in [0.05, 0.1) is 7.11 Å². The van der Waals surface area contributed by atoms with Gasteiger partial charge in [0.2, 0.25) is 5.91 Å². The maximum Gasteiger partial charge on any atom is 0.319 e. The predicted molar refractivity (Wildman–Crippen MR) is 99.9 cm³/mol. The summed E-state index contributed by atoms with van der Waals surface area (Å²) in [6.07, 6.45) is 0.393. The van der Waals surface area contributed by atoms with Crippen LogP contribution in [0.4, 0.5) is 14.9 Å². The highest BCUT2D eigenvalue weighted by molar-refractivity contribution is 5.89. The normalized spacial score (nSPS) is 16.3. The van der Waals surface area contributed by atoms with E-state index in [1.165, 1.54) is 12.1 Å². The average Bonchev–Trinajstić information content (AvgIpc) is 3.02. The SMILES string of the molecule is COc1ccc(NC(=O)NC[C@@H]2CC(=O)N(Cc3ccc(F)cc3)C2)cc1. The molecule has 1 aliphatic rings. The van der Waals surface area contributed by atoms with Crippen LogP contribution >= 0.6 is 0 Å². The first-order chi connectivity index (χ1) is 13.0. The summed E-state index contributed by atoms with van der Waals surface area (Å²) in [7, 11) is 1.58. The minimum atomic E-state index is -0.315. The molecule has 0 bridgehead atoms. The van der Waals surface area contributed by atoms with Crippen molar-refractivity contribution in [2.45, 2.75) is 13.0 Å². The summed E-state index contributed by atoms with van der Waals surface area (Å²) in [5, 5.41) is 5.55. The first-order valence-electron chi connectivity index (χ1n) is 8.74. The Balaban J connectivity index is 1.45. The van der Waals surface area contributed by atoms with Crippen molar-refractivity contribution >= 4 is 17.6 Å². The highest BCUT2D eigenvalue weighted by Gasteiger charge is 2.29. The quantitative estimate of drug-likeness (QED) is 0.820. The number of urea groups is 1. The fourth-order valence-electron chi connectivity index (χ4n) is 3.04. The van der Waals surface area contributed by atoms with E-state index in [0.29, 0.717) is 37.5 Å². The van der Waals surface area contributed by atoms with Crippen LogP contribution in [0.2, 0.25) is 0 Å². The van der Waals surface area contributed by atoms with Crippen LogP contribution < -0.4 is 15.4 Å². The lowest BCUT2D eigenvalue weighted by Gasteiger charge is -2.17. The van der Waals surface area contributed by atoms with E-state index in [9.17, 15) is 14.0 Å². The molecule has 142 valence electrons. The maximum atomic E-state index is 13.0. The van der Waals surface area contributed by atoms with Crippen molar-refractivity contribution in [1.82, 2.24) is 10.2 Å². The Morgan fingerprint density at radius 1 is 1.19 bits per heavy atom. The summed E-state index contributed by atoms with van der Waals surface area (Å²) in [5.41, 5.74) is 1.55. The fraction of sp³-hybridized carbons (Fsp3) is 0.300. The number of likely N-dealkylation sites (tertiary alicyclic amines) is 1. The van der Waals surface area contributed by atoms with E-state index in [0.717, 1.165) is 5.56 Å². The van der Waals surface area contributed by atoms with Gasteiger partial charge in [0.25, 0.3) is 0 Å². The molecule has 27 heavy (non-hydrogen) atoms. The lowest BCUT2D eigenvalue weighted by atomic mass is 10.1. The van der Waals surface area contributed by atoms with Gasteiger partial charge in [-0.05, 0) is 42.0 Å². The molecule has 2 aromatic carbocycles. The zero-order chi connectivity index (χ0) is 19.2. The average molecular weight is 371 g/mol. The molecule has 0 radical (unpaired) electrons. The summed E-state index contributed by atoms with van der Waals surface area (Å²) in [4.78, 5) is 25.9. The van der Waals surface area contributed by atoms with Crippen molar-refractivity contribution in [1.29, 1.82) is 0 Å². The number of amides is 3. The number of methoxy groups -OCH3 is 1. The van der Waals surface area contributed by atoms with E-state index in [2.05, 4.69) is 10.6 Å². The van der Waals surface area contributed by atoms with Gasteiger partial charge in [0, 0.05) is 37.7 Å². The monoisotopic (exact) mass is 371 g/mol. The number of anilines is 1. The van der Waals surface area contributed by atoms with E-state index in [1.807, 2.05) is 0 Å². The summed E-state index contributed by atoms with van der Waals surface area (Å²) in [6.45, 7) is 1.43. The third-order valence-electron chi connectivity index (χ3n) is 4.48. The first kappa shape index (κ1) is 18.7. The van der Waals surface area contributed by atoms with Gasteiger partial charge in [-0.25, -0.2) is 9.18 Å². The third-order valence-corrected chi connectivity index (χ3v) is 4.48. The Hall–Kier alpha value is -3.09. The number of hydrogen-bond donors (Lipinski definition) is 2. The van der Waals surface area contributed by atoms with E-state index in [4.69, 9.17) is 4.74 Å². The Bertz CT molecular complexity index is 793. The van der Waals surface area contributed by atoms with Crippen molar-refractivity contribution in [3.05, 3.63) is 59.9 Å². The second-order valence-electron chi connectivity index (χ2n) is 6.53. The Morgan fingerprint density at radius 2 is 1.89 bits per heavy atom. The fourth-order valence-corrected chi connectivity index (χ4v) is 3.04. The molecule has 3 amide bonds. The van der Waals surface area contributed by atoms with Gasteiger partial charge in [0.15, 0.2) is 0 Å². The van der Waals surface area contributed by atoms with Crippen LogP contribution in [0.1, 0.15) is 12.0 Å². The largest absolute Gasteiger partial charge is 0.497 e. The van der Waals surface area contributed by atoms with Crippen LogP contribution in [-0.4, -0.2) is 37.0 Å². The molecule has 3 rings (SSSR count). The number of nitrogens with zero attached hydrogens (tertiary/aromatic N) is 1. The van der Waals surface area contributed by atoms with Crippen molar-refractivity contribution < 1.29 is 18.7 Å². The van der Waals surface area contributed by atoms with Crippen LogP contribution in [0.15, 0.2) is 48.5 Å². The molecule has 0 spiro atoms. The predicted octanol–water partition coefficient (Wildman–Crippen LogP) is 3.00. The van der Waals surface area contributed by atoms with E-state index in [1.54, 1.807) is 48.4 Å². The molecular formula is C20H22FN3O3. The number of benzene rings is 2.